The molecule has 156 valence electrons. The molecule has 0 saturated carbocycles. The lowest BCUT2D eigenvalue weighted by molar-refractivity contribution is 0.0636. The number of likely N-dealkylation sites (N-methyl/N-ethyl adjacent to an activating group) is 1. The summed E-state index contributed by atoms with van der Waals surface area (Å²) in [7, 11) is 1.53. The molecule has 0 spiro atoms. The van der Waals surface area contributed by atoms with E-state index in [0.29, 0.717) is 41.1 Å². The SMILES string of the molecule is CCN1CCN(C(=O)c2cc(CN3C(=O)c4ccccc4C3=O)ccc2OC)CC1. The highest BCUT2D eigenvalue weighted by atomic mass is 16.5. The van der Waals surface area contributed by atoms with Crippen LogP contribution in [0.4, 0.5) is 0 Å². The van der Waals surface area contributed by atoms with Crippen LogP contribution in [-0.4, -0.2) is 72.3 Å². The third kappa shape index (κ3) is 3.57. The van der Waals surface area contributed by atoms with Crippen LogP contribution in [0.1, 0.15) is 43.6 Å². The van der Waals surface area contributed by atoms with Crippen molar-refractivity contribution in [1.29, 1.82) is 0 Å². The first-order chi connectivity index (χ1) is 14.5. The molecule has 30 heavy (non-hydrogen) atoms. The maximum atomic E-state index is 13.2. The van der Waals surface area contributed by atoms with Crippen LogP contribution in [-0.2, 0) is 6.54 Å². The van der Waals surface area contributed by atoms with E-state index in [4.69, 9.17) is 4.74 Å². The normalized spacial score (nSPS) is 16.7. The van der Waals surface area contributed by atoms with Gasteiger partial charge in [0.2, 0.25) is 0 Å². The Labute approximate surface area is 175 Å². The Hall–Kier alpha value is -3.19. The predicted molar refractivity (Wildman–Crippen MR) is 112 cm³/mol. The molecule has 0 radical (unpaired) electrons. The smallest absolute Gasteiger partial charge is 0.261 e. The van der Waals surface area contributed by atoms with E-state index in [9.17, 15) is 14.4 Å². The number of piperazine rings is 1. The fourth-order valence-electron chi connectivity index (χ4n) is 4.02. The first-order valence-corrected chi connectivity index (χ1v) is 10.2. The molecule has 7 heteroatoms. The van der Waals surface area contributed by atoms with Crippen molar-refractivity contribution in [2.75, 3.05) is 39.8 Å². The second-order valence-corrected chi connectivity index (χ2v) is 7.50. The number of hydrogen-bond donors (Lipinski definition) is 0. The van der Waals surface area contributed by atoms with Gasteiger partial charge in [0.25, 0.3) is 17.7 Å². The third-order valence-electron chi connectivity index (χ3n) is 5.82. The van der Waals surface area contributed by atoms with E-state index < -0.39 is 0 Å². The van der Waals surface area contributed by atoms with Crippen molar-refractivity contribution in [3.8, 4) is 5.75 Å². The molecular weight excluding hydrogens is 382 g/mol. The first kappa shape index (κ1) is 20.1. The molecule has 0 bridgehead atoms. The average Bonchev–Trinajstić information content (AvgIpc) is 3.03. The summed E-state index contributed by atoms with van der Waals surface area (Å²) >= 11 is 0. The second-order valence-electron chi connectivity index (χ2n) is 7.50. The lowest BCUT2D eigenvalue weighted by atomic mass is 10.1. The monoisotopic (exact) mass is 407 g/mol. The largest absolute Gasteiger partial charge is 0.496 e. The Bertz CT molecular complexity index is 961. The molecule has 7 nitrogen and oxygen atoms in total. The molecular formula is C23H25N3O4. The number of carbonyl (C=O) groups excluding carboxylic acids is 3. The standard InChI is InChI=1S/C23H25N3O4/c1-3-24-10-12-25(13-11-24)21(27)19-14-16(8-9-20(19)30-2)15-26-22(28)17-6-4-5-7-18(17)23(26)29/h4-9,14H,3,10-13,15H2,1-2H3. The minimum atomic E-state index is -0.310. The van der Waals surface area contributed by atoms with Gasteiger partial charge in [-0.15, -0.1) is 0 Å². The maximum absolute atomic E-state index is 13.2. The van der Waals surface area contributed by atoms with Crippen molar-refractivity contribution in [2.45, 2.75) is 13.5 Å². The van der Waals surface area contributed by atoms with Gasteiger partial charge < -0.3 is 14.5 Å². The van der Waals surface area contributed by atoms with Crippen LogP contribution in [0.3, 0.4) is 0 Å². The second kappa shape index (κ2) is 8.28. The Kier molecular flexibility index (Phi) is 5.55. The fraction of sp³-hybridized carbons (Fsp3) is 0.348. The minimum Gasteiger partial charge on any atom is -0.496 e. The van der Waals surface area contributed by atoms with E-state index in [1.165, 1.54) is 12.0 Å². The molecule has 2 heterocycles. The van der Waals surface area contributed by atoms with E-state index in [2.05, 4.69) is 11.8 Å². The summed E-state index contributed by atoms with van der Waals surface area (Å²) in [5, 5.41) is 0. The number of carbonyl (C=O) groups is 3. The predicted octanol–water partition coefficient (Wildman–Crippen LogP) is 2.27. The molecule has 0 aromatic heterocycles. The fourth-order valence-corrected chi connectivity index (χ4v) is 4.02. The number of ether oxygens (including phenoxy) is 1. The van der Waals surface area contributed by atoms with Crippen molar-refractivity contribution in [1.82, 2.24) is 14.7 Å². The first-order valence-electron chi connectivity index (χ1n) is 10.2. The van der Waals surface area contributed by atoms with Crippen LogP contribution in [0.25, 0.3) is 0 Å². The lowest BCUT2D eigenvalue weighted by Gasteiger charge is -2.34. The number of fused-ring (bicyclic) bond motifs is 1. The van der Waals surface area contributed by atoms with E-state index >= 15 is 0 Å². The number of imide groups is 1. The zero-order valence-corrected chi connectivity index (χ0v) is 17.3. The van der Waals surface area contributed by atoms with Gasteiger partial charge in [0.15, 0.2) is 0 Å². The van der Waals surface area contributed by atoms with E-state index in [1.807, 2.05) is 4.90 Å². The van der Waals surface area contributed by atoms with E-state index in [-0.39, 0.29) is 24.3 Å². The molecule has 4 rings (SSSR count). The van der Waals surface area contributed by atoms with Crippen molar-refractivity contribution < 1.29 is 19.1 Å². The summed E-state index contributed by atoms with van der Waals surface area (Å²) in [5.74, 6) is -0.221. The molecule has 0 aliphatic carbocycles. The molecule has 2 aliphatic heterocycles. The molecule has 1 saturated heterocycles. The third-order valence-corrected chi connectivity index (χ3v) is 5.82. The molecule has 1 fully saturated rings. The number of methoxy groups -OCH3 is 1. The van der Waals surface area contributed by atoms with Gasteiger partial charge >= 0.3 is 0 Å². The van der Waals surface area contributed by atoms with Gasteiger partial charge in [-0.2, -0.15) is 0 Å². The highest BCUT2D eigenvalue weighted by Crippen LogP contribution is 2.27. The average molecular weight is 407 g/mol. The van der Waals surface area contributed by atoms with Gasteiger partial charge in [-0.3, -0.25) is 19.3 Å². The Morgan fingerprint density at radius 3 is 2.17 bits per heavy atom. The quantitative estimate of drug-likeness (QED) is 0.711. The lowest BCUT2D eigenvalue weighted by Crippen LogP contribution is -2.48. The number of benzene rings is 2. The zero-order valence-electron chi connectivity index (χ0n) is 17.3. The molecule has 0 N–H and O–H groups in total. The van der Waals surface area contributed by atoms with Crippen molar-refractivity contribution in [2.24, 2.45) is 0 Å². The Morgan fingerprint density at radius 2 is 1.60 bits per heavy atom. The van der Waals surface area contributed by atoms with Crippen molar-refractivity contribution in [3.05, 3.63) is 64.7 Å². The highest BCUT2D eigenvalue weighted by molar-refractivity contribution is 6.21. The zero-order chi connectivity index (χ0) is 21.3. The number of hydrogen-bond acceptors (Lipinski definition) is 5. The highest BCUT2D eigenvalue weighted by Gasteiger charge is 2.35. The van der Waals surface area contributed by atoms with Crippen molar-refractivity contribution in [3.63, 3.8) is 0 Å². The van der Waals surface area contributed by atoms with E-state index in [0.717, 1.165) is 19.6 Å². The molecule has 2 aromatic rings. The van der Waals surface area contributed by atoms with Crippen molar-refractivity contribution >= 4 is 17.7 Å². The minimum absolute atomic E-state index is 0.0909. The van der Waals surface area contributed by atoms with Gasteiger partial charge in [-0.1, -0.05) is 25.1 Å². The Morgan fingerprint density at radius 1 is 0.967 bits per heavy atom. The summed E-state index contributed by atoms with van der Waals surface area (Å²) in [6.45, 7) is 6.22. The van der Waals surface area contributed by atoms with Crippen LogP contribution < -0.4 is 4.74 Å². The molecule has 2 aliphatic rings. The van der Waals surface area contributed by atoms with Crippen LogP contribution >= 0.6 is 0 Å². The number of nitrogens with zero attached hydrogens (tertiary/aromatic N) is 3. The summed E-state index contributed by atoms with van der Waals surface area (Å²) in [4.78, 5) is 43.8. The maximum Gasteiger partial charge on any atom is 0.261 e. The summed E-state index contributed by atoms with van der Waals surface area (Å²) in [6.07, 6.45) is 0. The van der Waals surface area contributed by atoms with E-state index in [1.54, 1.807) is 42.5 Å². The molecule has 2 aromatic carbocycles. The molecule has 3 amide bonds. The van der Waals surface area contributed by atoms with Gasteiger partial charge in [0.05, 0.1) is 30.3 Å². The van der Waals surface area contributed by atoms with Crippen LogP contribution in [0.15, 0.2) is 42.5 Å². The molecule has 0 unspecified atom stereocenters. The summed E-state index contributed by atoms with van der Waals surface area (Å²) in [5.41, 5.74) is 2.00. The van der Waals surface area contributed by atoms with Gasteiger partial charge in [0.1, 0.15) is 5.75 Å². The number of amides is 3. The number of rotatable bonds is 5. The van der Waals surface area contributed by atoms with Crippen LogP contribution in [0, 0.1) is 0 Å². The van der Waals surface area contributed by atoms with Gasteiger partial charge in [0, 0.05) is 26.2 Å². The van der Waals surface area contributed by atoms with Crippen LogP contribution in [0.5, 0.6) is 5.75 Å². The van der Waals surface area contributed by atoms with Crippen LogP contribution in [0.2, 0.25) is 0 Å². The molecule has 0 atom stereocenters. The summed E-state index contributed by atoms with van der Waals surface area (Å²) in [6, 6.07) is 12.1. The van der Waals surface area contributed by atoms with Gasteiger partial charge in [-0.25, -0.2) is 0 Å². The topological polar surface area (TPSA) is 70.2 Å². The van der Waals surface area contributed by atoms with Gasteiger partial charge in [-0.05, 0) is 36.4 Å². The Balaban J connectivity index is 1.56. The summed E-state index contributed by atoms with van der Waals surface area (Å²) < 4.78 is 5.41.